The van der Waals surface area contributed by atoms with Crippen molar-refractivity contribution < 1.29 is 0 Å². The molecule has 0 aromatic rings. The Morgan fingerprint density at radius 2 is 1.69 bits per heavy atom. The lowest BCUT2D eigenvalue weighted by Gasteiger charge is -2.29. The zero-order valence-corrected chi connectivity index (χ0v) is 9.75. The topological polar surface area (TPSA) is 32.5 Å². The fraction of sp³-hybridized carbons (Fsp3) is 1.00. The molecule has 0 radical (unpaired) electrons. The van der Waals surface area contributed by atoms with Crippen molar-refractivity contribution in [2.75, 3.05) is 34.7 Å². The Labute approximate surface area is 82.9 Å². The molecule has 2 atom stereocenters. The number of nitrogens with two attached hydrogens (primary N) is 1. The number of likely N-dealkylation sites (N-methyl/N-ethyl adjacent to an activating group) is 1. The van der Waals surface area contributed by atoms with E-state index < -0.39 is 0 Å². The molecule has 2 N–H and O–H groups in total. The minimum Gasteiger partial charge on any atom is -0.326 e. The molecule has 0 aliphatic heterocycles. The highest BCUT2D eigenvalue weighted by Crippen LogP contribution is 2.06. The van der Waals surface area contributed by atoms with Crippen molar-refractivity contribution in [3.05, 3.63) is 0 Å². The van der Waals surface area contributed by atoms with Gasteiger partial charge in [0.1, 0.15) is 0 Å². The summed E-state index contributed by atoms with van der Waals surface area (Å²) in [5.41, 5.74) is 6.11. The Bertz CT molecular complexity index is 123. The molecule has 2 unspecified atom stereocenters. The summed E-state index contributed by atoms with van der Waals surface area (Å²) in [4.78, 5) is 4.41. The third-order valence-electron chi connectivity index (χ3n) is 2.49. The molecule has 0 rings (SSSR count). The third kappa shape index (κ3) is 5.24. The number of hydrogen-bond donors (Lipinski definition) is 1. The molecule has 80 valence electrons. The summed E-state index contributed by atoms with van der Waals surface area (Å²) in [5.74, 6) is 0. The van der Waals surface area contributed by atoms with Gasteiger partial charge in [-0.1, -0.05) is 6.92 Å². The highest BCUT2D eigenvalue weighted by molar-refractivity contribution is 4.78. The van der Waals surface area contributed by atoms with Crippen LogP contribution in [-0.2, 0) is 0 Å². The summed E-state index contributed by atoms with van der Waals surface area (Å²) in [6.45, 7) is 3.27. The normalized spacial score (nSPS) is 16.6. The molecule has 13 heavy (non-hydrogen) atoms. The Morgan fingerprint density at radius 3 is 2.00 bits per heavy atom. The van der Waals surface area contributed by atoms with Crippen molar-refractivity contribution in [1.29, 1.82) is 0 Å². The average molecular weight is 187 g/mol. The van der Waals surface area contributed by atoms with Gasteiger partial charge in [0.15, 0.2) is 0 Å². The smallest absolute Gasteiger partial charge is 0.0238 e. The molecule has 0 heterocycles. The van der Waals surface area contributed by atoms with Crippen LogP contribution in [0.4, 0.5) is 0 Å². The van der Waals surface area contributed by atoms with Crippen LogP contribution in [0.25, 0.3) is 0 Å². The molecule has 0 aliphatic carbocycles. The van der Waals surface area contributed by atoms with Crippen LogP contribution in [0.3, 0.4) is 0 Å². The second-order valence-electron chi connectivity index (χ2n) is 4.20. The van der Waals surface area contributed by atoms with Crippen molar-refractivity contribution in [3.63, 3.8) is 0 Å². The molecule has 0 aromatic carbocycles. The number of nitrogens with zero attached hydrogens (tertiary/aromatic N) is 2. The summed E-state index contributed by atoms with van der Waals surface area (Å²) in [6, 6.07) is 0.808. The Kier molecular flexibility index (Phi) is 6.29. The van der Waals surface area contributed by atoms with E-state index >= 15 is 0 Å². The lowest BCUT2D eigenvalue weighted by atomic mass is 10.0. The average Bonchev–Trinajstić information content (AvgIpc) is 2.01. The molecular weight excluding hydrogens is 162 g/mol. The van der Waals surface area contributed by atoms with Crippen LogP contribution in [0.2, 0.25) is 0 Å². The van der Waals surface area contributed by atoms with Crippen LogP contribution in [0.5, 0.6) is 0 Å². The van der Waals surface area contributed by atoms with Gasteiger partial charge in [-0.2, -0.15) is 0 Å². The molecule has 3 heteroatoms. The molecule has 0 aliphatic rings. The SMILES string of the molecule is CCC(C(N)CCN(C)C)N(C)C. The molecule has 0 amide bonds. The van der Waals surface area contributed by atoms with Gasteiger partial charge in [0.05, 0.1) is 0 Å². The van der Waals surface area contributed by atoms with Gasteiger partial charge in [0.2, 0.25) is 0 Å². The Balaban J connectivity index is 3.84. The second kappa shape index (κ2) is 6.35. The van der Waals surface area contributed by atoms with Gasteiger partial charge in [0, 0.05) is 12.1 Å². The van der Waals surface area contributed by atoms with Crippen molar-refractivity contribution in [2.45, 2.75) is 31.8 Å². The maximum Gasteiger partial charge on any atom is 0.0238 e. The zero-order chi connectivity index (χ0) is 10.4. The Hall–Kier alpha value is -0.120. The van der Waals surface area contributed by atoms with E-state index in [2.05, 4.69) is 44.9 Å². The van der Waals surface area contributed by atoms with E-state index in [0.717, 1.165) is 19.4 Å². The van der Waals surface area contributed by atoms with E-state index in [0.29, 0.717) is 12.1 Å². The summed E-state index contributed by atoms with van der Waals surface area (Å²) in [6.07, 6.45) is 2.20. The van der Waals surface area contributed by atoms with Crippen LogP contribution in [-0.4, -0.2) is 56.6 Å². The second-order valence-corrected chi connectivity index (χ2v) is 4.20. The maximum absolute atomic E-state index is 6.11. The first kappa shape index (κ1) is 12.9. The molecule has 0 saturated heterocycles. The van der Waals surface area contributed by atoms with E-state index in [1.54, 1.807) is 0 Å². The molecule has 0 saturated carbocycles. The lowest BCUT2D eigenvalue weighted by molar-refractivity contribution is 0.228. The summed E-state index contributed by atoms with van der Waals surface area (Å²) in [5, 5.41) is 0. The van der Waals surface area contributed by atoms with Gasteiger partial charge in [-0.3, -0.25) is 0 Å². The first-order valence-corrected chi connectivity index (χ1v) is 5.05. The standard InChI is InChI=1S/C10H25N3/c1-6-10(13(4)5)9(11)7-8-12(2)3/h9-10H,6-8,11H2,1-5H3. The van der Waals surface area contributed by atoms with Crippen LogP contribution >= 0.6 is 0 Å². The lowest BCUT2D eigenvalue weighted by Crippen LogP contribution is -2.45. The fourth-order valence-corrected chi connectivity index (χ4v) is 1.65. The molecule has 3 nitrogen and oxygen atoms in total. The van der Waals surface area contributed by atoms with Gasteiger partial charge in [-0.05, 0) is 47.6 Å². The first-order valence-electron chi connectivity index (χ1n) is 5.05. The Morgan fingerprint density at radius 1 is 1.15 bits per heavy atom. The minimum absolute atomic E-state index is 0.294. The fourth-order valence-electron chi connectivity index (χ4n) is 1.65. The van der Waals surface area contributed by atoms with Gasteiger partial charge >= 0.3 is 0 Å². The molecular formula is C10H25N3. The summed E-state index contributed by atoms with van der Waals surface area (Å²) < 4.78 is 0. The van der Waals surface area contributed by atoms with Gasteiger partial charge in [0.25, 0.3) is 0 Å². The van der Waals surface area contributed by atoms with Crippen molar-refractivity contribution in [3.8, 4) is 0 Å². The van der Waals surface area contributed by atoms with E-state index in [9.17, 15) is 0 Å². The number of hydrogen-bond acceptors (Lipinski definition) is 3. The zero-order valence-electron chi connectivity index (χ0n) is 9.75. The quantitative estimate of drug-likeness (QED) is 0.661. The van der Waals surface area contributed by atoms with E-state index in [1.165, 1.54) is 0 Å². The molecule has 0 bridgehead atoms. The highest BCUT2D eigenvalue weighted by Gasteiger charge is 2.17. The van der Waals surface area contributed by atoms with Gasteiger partial charge < -0.3 is 15.5 Å². The molecule has 0 aromatic heterocycles. The molecule has 0 spiro atoms. The predicted molar refractivity (Wildman–Crippen MR) is 58.9 cm³/mol. The van der Waals surface area contributed by atoms with Crippen LogP contribution < -0.4 is 5.73 Å². The van der Waals surface area contributed by atoms with E-state index in [-0.39, 0.29) is 0 Å². The number of rotatable bonds is 6. The van der Waals surface area contributed by atoms with E-state index in [1.807, 2.05) is 0 Å². The minimum atomic E-state index is 0.294. The molecule has 0 fully saturated rings. The van der Waals surface area contributed by atoms with Crippen molar-refractivity contribution in [1.82, 2.24) is 9.80 Å². The maximum atomic E-state index is 6.11. The third-order valence-corrected chi connectivity index (χ3v) is 2.49. The highest BCUT2D eigenvalue weighted by atomic mass is 15.1. The van der Waals surface area contributed by atoms with Crippen LogP contribution in [0.15, 0.2) is 0 Å². The first-order chi connectivity index (χ1) is 5.99. The van der Waals surface area contributed by atoms with Crippen molar-refractivity contribution in [2.24, 2.45) is 5.73 Å². The largest absolute Gasteiger partial charge is 0.326 e. The van der Waals surface area contributed by atoms with Crippen molar-refractivity contribution >= 4 is 0 Å². The summed E-state index contributed by atoms with van der Waals surface area (Å²) >= 11 is 0. The van der Waals surface area contributed by atoms with Crippen LogP contribution in [0, 0.1) is 0 Å². The monoisotopic (exact) mass is 187 g/mol. The van der Waals surface area contributed by atoms with Gasteiger partial charge in [-0.25, -0.2) is 0 Å². The summed E-state index contributed by atoms with van der Waals surface area (Å²) in [7, 11) is 8.38. The van der Waals surface area contributed by atoms with E-state index in [4.69, 9.17) is 5.73 Å². The van der Waals surface area contributed by atoms with Gasteiger partial charge in [-0.15, -0.1) is 0 Å². The van der Waals surface area contributed by atoms with Crippen LogP contribution in [0.1, 0.15) is 19.8 Å². The predicted octanol–water partition coefficient (Wildman–Crippen LogP) is 0.606.